The van der Waals surface area contributed by atoms with Gasteiger partial charge in [-0.25, -0.2) is 9.18 Å². The van der Waals surface area contributed by atoms with Gasteiger partial charge in [0.1, 0.15) is 11.9 Å². The zero-order chi connectivity index (χ0) is 37.9. The number of alkyl carbamates (subject to hydrolysis) is 1. The zero-order valence-electron chi connectivity index (χ0n) is 31.4. The normalized spacial score (nSPS) is 17.6. The van der Waals surface area contributed by atoms with Gasteiger partial charge >= 0.3 is 6.09 Å². The third kappa shape index (κ3) is 10.2. The van der Waals surface area contributed by atoms with Crippen molar-refractivity contribution in [1.29, 1.82) is 0 Å². The van der Waals surface area contributed by atoms with Crippen molar-refractivity contribution in [1.82, 2.24) is 15.2 Å². The Hall–Kier alpha value is -4.83. The summed E-state index contributed by atoms with van der Waals surface area (Å²) in [5.74, 6) is -0.653. The van der Waals surface area contributed by atoms with Crippen molar-refractivity contribution in [2.24, 2.45) is 11.7 Å². The van der Waals surface area contributed by atoms with Crippen LogP contribution in [0, 0.1) is 11.7 Å². The highest BCUT2D eigenvalue weighted by molar-refractivity contribution is 5.98. The van der Waals surface area contributed by atoms with Crippen molar-refractivity contribution in [2.75, 3.05) is 25.5 Å². The number of carbonyl (C=O) groups excluding carboxylic acids is 3. The molecule has 0 bridgehead atoms. The number of amides is 3. The molecular weight excluding hydrogens is 682 g/mol. The molecule has 3 unspecified atom stereocenters. The van der Waals surface area contributed by atoms with Crippen molar-refractivity contribution in [3.63, 3.8) is 0 Å². The van der Waals surface area contributed by atoms with E-state index in [2.05, 4.69) is 33.8 Å². The lowest BCUT2D eigenvalue weighted by molar-refractivity contribution is -0.144. The summed E-state index contributed by atoms with van der Waals surface area (Å²) in [5.41, 5.74) is 11.6. The summed E-state index contributed by atoms with van der Waals surface area (Å²) in [7, 11) is 1.32. The van der Waals surface area contributed by atoms with Gasteiger partial charge in [-0.3, -0.25) is 14.6 Å². The molecule has 4 N–H and O–H groups in total. The molecule has 1 aliphatic heterocycles. The van der Waals surface area contributed by atoms with Crippen LogP contribution in [0.25, 0.3) is 10.9 Å². The first-order valence-electron chi connectivity index (χ1n) is 19.7. The molecule has 1 aromatic heterocycles. The number of aromatic nitrogens is 1. The molecule has 1 saturated heterocycles. The van der Waals surface area contributed by atoms with Gasteiger partial charge in [-0.05, 0) is 116 Å². The maximum atomic E-state index is 15.3. The summed E-state index contributed by atoms with van der Waals surface area (Å²) in [5, 5.41) is 6.90. The number of anilines is 1. The Labute approximate surface area is 318 Å². The van der Waals surface area contributed by atoms with E-state index in [0.717, 1.165) is 91.9 Å². The maximum absolute atomic E-state index is 15.3. The highest BCUT2D eigenvalue weighted by Gasteiger charge is 2.40. The first kappa shape index (κ1) is 38.9. The predicted molar refractivity (Wildman–Crippen MR) is 211 cm³/mol. The molecule has 2 aliphatic rings. The average Bonchev–Trinajstić information content (AvgIpc) is 3.19. The zero-order valence-corrected chi connectivity index (χ0v) is 31.4. The Morgan fingerprint density at radius 3 is 2.43 bits per heavy atom. The van der Waals surface area contributed by atoms with E-state index >= 15 is 4.39 Å². The summed E-state index contributed by atoms with van der Waals surface area (Å²) in [6, 6.07) is 22.3. The molecule has 9 nitrogen and oxygen atoms in total. The second-order valence-corrected chi connectivity index (χ2v) is 15.0. The first-order valence-corrected chi connectivity index (χ1v) is 19.7. The van der Waals surface area contributed by atoms with Crippen LogP contribution >= 0.6 is 0 Å². The number of fused-ring (bicyclic) bond motifs is 1. The molecule has 4 aromatic rings. The van der Waals surface area contributed by atoms with Gasteiger partial charge in [-0.1, -0.05) is 68.1 Å². The number of nitrogens with one attached hydrogen (secondary N) is 2. The minimum absolute atomic E-state index is 0.103. The summed E-state index contributed by atoms with van der Waals surface area (Å²) in [6.45, 7) is 0.817. The lowest BCUT2D eigenvalue weighted by Crippen LogP contribution is -2.58. The number of pyridine rings is 1. The van der Waals surface area contributed by atoms with Crippen LogP contribution in [0.1, 0.15) is 92.4 Å². The highest BCUT2D eigenvalue weighted by Crippen LogP contribution is 2.32. The Kier molecular flexibility index (Phi) is 13.7. The van der Waals surface area contributed by atoms with Crippen molar-refractivity contribution < 1.29 is 23.5 Å². The fourth-order valence-corrected chi connectivity index (χ4v) is 8.22. The van der Waals surface area contributed by atoms with Crippen molar-refractivity contribution in [2.45, 2.75) is 101 Å². The Balaban J connectivity index is 1.01. The molecule has 10 heteroatoms. The number of hydrogen-bond donors (Lipinski definition) is 3. The molecule has 0 radical (unpaired) electrons. The highest BCUT2D eigenvalue weighted by atomic mass is 19.1. The number of nitrogens with two attached hydrogens (primary N) is 1. The molecule has 1 saturated carbocycles. The lowest BCUT2D eigenvalue weighted by atomic mass is 9.82. The van der Waals surface area contributed by atoms with Gasteiger partial charge in [0, 0.05) is 36.3 Å². The van der Waals surface area contributed by atoms with Gasteiger partial charge in [-0.15, -0.1) is 0 Å². The molecule has 3 amide bonds. The lowest BCUT2D eigenvalue weighted by Gasteiger charge is -2.41. The van der Waals surface area contributed by atoms with E-state index in [1.807, 2.05) is 54.7 Å². The number of unbranched alkanes of at least 4 members (excludes halogenated alkanes) is 2. The van der Waals surface area contributed by atoms with E-state index in [0.29, 0.717) is 24.9 Å². The molecule has 286 valence electrons. The van der Waals surface area contributed by atoms with Gasteiger partial charge in [0.05, 0.1) is 18.7 Å². The monoisotopic (exact) mass is 735 g/mol. The average molecular weight is 736 g/mol. The van der Waals surface area contributed by atoms with Crippen LogP contribution in [0.2, 0.25) is 0 Å². The number of hydrogen-bond acceptors (Lipinski definition) is 6. The van der Waals surface area contributed by atoms with Crippen LogP contribution in [0.5, 0.6) is 0 Å². The van der Waals surface area contributed by atoms with E-state index in [9.17, 15) is 14.4 Å². The topological polar surface area (TPSA) is 127 Å². The minimum Gasteiger partial charge on any atom is -0.453 e. The number of carbonyl (C=O) groups is 3. The third-order valence-electron chi connectivity index (χ3n) is 11.2. The Bertz CT molecular complexity index is 1880. The maximum Gasteiger partial charge on any atom is 0.406 e. The van der Waals surface area contributed by atoms with E-state index < -0.39 is 18.2 Å². The van der Waals surface area contributed by atoms with Crippen molar-refractivity contribution in [3.8, 4) is 0 Å². The van der Waals surface area contributed by atoms with E-state index in [-0.39, 0.29) is 36.0 Å². The smallest absolute Gasteiger partial charge is 0.406 e. The predicted octanol–water partition coefficient (Wildman–Crippen LogP) is 7.85. The minimum atomic E-state index is -0.549. The molecule has 3 aromatic carbocycles. The molecule has 3 atom stereocenters. The quantitative estimate of drug-likeness (QED) is 0.107. The van der Waals surface area contributed by atoms with Crippen LogP contribution in [-0.2, 0) is 33.6 Å². The number of benzene rings is 3. The van der Waals surface area contributed by atoms with Gasteiger partial charge in [0.2, 0.25) is 11.8 Å². The number of ether oxygens (including phenoxy) is 1. The van der Waals surface area contributed by atoms with E-state index in [1.54, 1.807) is 4.90 Å². The fourth-order valence-electron chi connectivity index (χ4n) is 8.22. The summed E-state index contributed by atoms with van der Waals surface area (Å²) in [6.07, 6.45) is 13.2. The molecule has 2 heterocycles. The van der Waals surface area contributed by atoms with Crippen LogP contribution in [0.3, 0.4) is 0 Å². The van der Waals surface area contributed by atoms with Gasteiger partial charge in [-0.2, -0.15) is 0 Å². The molecular formula is C44H54FN5O4. The van der Waals surface area contributed by atoms with Gasteiger partial charge in [0.15, 0.2) is 0 Å². The van der Waals surface area contributed by atoms with Crippen LogP contribution < -0.4 is 16.4 Å². The fraction of sp³-hybridized carbons (Fsp3) is 0.455. The Morgan fingerprint density at radius 2 is 1.65 bits per heavy atom. The number of likely N-dealkylation sites (tertiary alicyclic amines) is 1. The Morgan fingerprint density at radius 1 is 0.907 bits per heavy atom. The van der Waals surface area contributed by atoms with E-state index in [4.69, 9.17) is 10.5 Å². The number of nitrogens with zero attached hydrogens (tertiary/aromatic N) is 2. The second kappa shape index (κ2) is 19.0. The SMILES string of the molecule is COC(=O)NCC(Cc1cnc2ccccc2c1)c1cc(CCCCCc2ccc(NC(=O)C(C3CCCCC3)N3CCCC(N)C3=O)cc2)ccc1F. The van der Waals surface area contributed by atoms with Gasteiger partial charge in [0.25, 0.3) is 0 Å². The standard InChI is InChI=1S/C44H54FN5O4/c1-54-44(53)48-29-35(26-32-25-34-15-8-9-17-40(34)47-28-32)37-27-31(20-23-38(37)45)12-5-2-4-11-30-18-21-36(22-19-30)49-42(51)41(33-13-6-3-7-14-33)50-24-10-16-39(46)43(50)52/h8-9,15,17-23,25,27-28,33,35,39,41H,2-7,10-14,16,24,26,29,46H2,1H3,(H,48,53)(H,49,51). The second-order valence-electron chi connectivity index (χ2n) is 15.0. The molecule has 54 heavy (non-hydrogen) atoms. The number of para-hydroxylation sites is 1. The van der Waals surface area contributed by atoms with E-state index in [1.165, 1.54) is 25.2 Å². The van der Waals surface area contributed by atoms with Crippen molar-refractivity contribution in [3.05, 3.63) is 107 Å². The number of aryl methyl sites for hydroxylation is 2. The summed E-state index contributed by atoms with van der Waals surface area (Å²) < 4.78 is 20.1. The number of halogens is 1. The molecule has 1 aliphatic carbocycles. The summed E-state index contributed by atoms with van der Waals surface area (Å²) in [4.78, 5) is 45.0. The third-order valence-corrected chi connectivity index (χ3v) is 11.2. The molecule has 6 rings (SSSR count). The van der Waals surface area contributed by atoms with Crippen LogP contribution in [0.4, 0.5) is 14.9 Å². The largest absolute Gasteiger partial charge is 0.453 e. The number of piperidine rings is 1. The van der Waals surface area contributed by atoms with Crippen LogP contribution in [-0.4, -0.2) is 60.1 Å². The van der Waals surface area contributed by atoms with Crippen LogP contribution in [0.15, 0.2) is 79.0 Å². The number of rotatable bonds is 15. The van der Waals surface area contributed by atoms with Crippen molar-refractivity contribution >= 4 is 34.5 Å². The number of methoxy groups -OCH3 is 1. The first-order chi connectivity index (χ1) is 26.3. The molecule has 0 spiro atoms. The van der Waals surface area contributed by atoms with Gasteiger partial charge < -0.3 is 26.0 Å². The summed E-state index contributed by atoms with van der Waals surface area (Å²) >= 11 is 0. The molecule has 2 fully saturated rings.